The summed E-state index contributed by atoms with van der Waals surface area (Å²) in [5.41, 5.74) is 2.18. The Kier molecular flexibility index (Phi) is 5.62. The SMILES string of the molecule is CCCNC(=O)Nc1ccc2sc(NS(=O)(=O)c3ccc(C)cc3)nc2c1. The van der Waals surface area contributed by atoms with Crippen LogP contribution in [0.5, 0.6) is 0 Å². The summed E-state index contributed by atoms with van der Waals surface area (Å²) in [6, 6.07) is 11.6. The lowest BCUT2D eigenvalue weighted by atomic mass is 10.2. The number of hydrogen-bond acceptors (Lipinski definition) is 5. The van der Waals surface area contributed by atoms with E-state index in [-0.39, 0.29) is 16.1 Å². The fraction of sp³-hybridized carbons (Fsp3) is 0.222. The van der Waals surface area contributed by atoms with Gasteiger partial charge in [0.15, 0.2) is 5.13 Å². The summed E-state index contributed by atoms with van der Waals surface area (Å²) in [6.07, 6.45) is 0.850. The number of aromatic nitrogens is 1. The predicted molar refractivity (Wildman–Crippen MR) is 109 cm³/mol. The largest absolute Gasteiger partial charge is 0.338 e. The van der Waals surface area contributed by atoms with Crippen LogP contribution in [-0.4, -0.2) is 26.0 Å². The molecule has 0 fully saturated rings. The molecule has 0 atom stereocenters. The zero-order valence-corrected chi connectivity index (χ0v) is 16.6. The van der Waals surface area contributed by atoms with Gasteiger partial charge in [-0.25, -0.2) is 18.2 Å². The van der Waals surface area contributed by atoms with E-state index in [4.69, 9.17) is 0 Å². The molecule has 0 saturated heterocycles. The van der Waals surface area contributed by atoms with E-state index in [9.17, 15) is 13.2 Å². The van der Waals surface area contributed by atoms with Gasteiger partial charge in [-0.05, 0) is 43.7 Å². The summed E-state index contributed by atoms with van der Waals surface area (Å²) in [6.45, 7) is 4.46. The van der Waals surface area contributed by atoms with Crippen molar-refractivity contribution >= 4 is 48.4 Å². The van der Waals surface area contributed by atoms with E-state index in [2.05, 4.69) is 20.3 Å². The first-order valence-corrected chi connectivity index (χ1v) is 10.7. The summed E-state index contributed by atoms with van der Waals surface area (Å²) >= 11 is 1.23. The Balaban J connectivity index is 1.78. The fourth-order valence-corrected chi connectivity index (χ4v) is 4.44. The van der Waals surface area contributed by atoms with Crippen LogP contribution in [0.1, 0.15) is 18.9 Å². The van der Waals surface area contributed by atoms with Crippen molar-refractivity contribution in [1.82, 2.24) is 10.3 Å². The van der Waals surface area contributed by atoms with Gasteiger partial charge in [-0.1, -0.05) is 36.0 Å². The van der Waals surface area contributed by atoms with E-state index in [1.807, 2.05) is 13.8 Å². The van der Waals surface area contributed by atoms with E-state index in [1.165, 1.54) is 11.3 Å². The first-order chi connectivity index (χ1) is 12.9. The van der Waals surface area contributed by atoms with E-state index in [1.54, 1.807) is 42.5 Å². The Morgan fingerprint density at radius 1 is 1.15 bits per heavy atom. The van der Waals surface area contributed by atoms with Gasteiger partial charge in [-0.15, -0.1) is 0 Å². The number of nitrogens with zero attached hydrogens (tertiary/aromatic N) is 1. The molecule has 0 unspecified atom stereocenters. The van der Waals surface area contributed by atoms with Crippen LogP contribution in [0, 0.1) is 6.92 Å². The molecule has 0 bridgehead atoms. The molecule has 0 aliphatic rings. The standard InChI is InChI=1S/C18H20N4O3S2/c1-3-10-19-17(23)20-13-6-9-16-15(11-13)21-18(26-16)22-27(24,25)14-7-4-12(2)5-8-14/h4-9,11H,3,10H2,1-2H3,(H,21,22)(H2,19,20,23). The molecule has 9 heteroatoms. The Labute approximate surface area is 161 Å². The first-order valence-electron chi connectivity index (χ1n) is 8.42. The highest BCUT2D eigenvalue weighted by molar-refractivity contribution is 7.93. The number of amides is 2. The quantitative estimate of drug-likeness (QED) is 0.579. The van der Waals surface area contributed by atoms with E-state index in [0.29, 0.717) is 17.7 Å². The van der Waals surface area contributed by atoms with Crippen molar-refractivity contribution in [3.63, 3.8) is 0 Å². The molecule has 1 heterocycles. The van der Waals surface area contributed by atoms with Crippen molar-refractivity contribution in [2.75, 3.05) is 16.6 Å². The van der Waals surface area contributed by atoms with Gasteiger partial charge in [-0.3, -0.25) is 4.72 Å². The molecule has 3 rings (SSSR count). The molecule has 142 valence electrons. The first kappa shape index (κ1) is 19.1. The second-order valence-corrected chi connectivity index (χ2v) is 8.71. The van der Waals surface area contributed by atoms with Crippen LogP contribution < -0.4 is 15.4 Å². The van der Waals surface area contributed by atoms with Gasteiger partial charge in [0.25, 0.3) is 10.0 Å². The average Bonchev–Trinajstić information content (AvgIpc) is 3.01. The minimum absolute atomic E-state index is 0.183. The number of sulfonamides is 1. The number of fused-ring (bicyclic) bond motifs is 1. The predicted octanol–water partition coefficient (Wildman–Crippen LogP) is 3.94. The maximum Gasteiger partial charge on any atom is 0.319 e. The molecule has 0 spiro atoms. The van der Waals surface area contributed by atoms with Gasteiger partial charge >= 0.3 is 6.03 Å². The summed E-state index contributed by atoms with van der Waals surface area (Å²) in [4.78, 5) is 16.3. The number of anilines is 2. The summed E-state index contributed by atoms with van der Waals surface area (Å²) in [5.74, 6) is 0. The van der Waals surface area contributed by atoms with Gasteiger partial charge in [0, 0.05) is 12.2 Å². The molecule has 2 aromatic carbocycles. The van der Waals surface area contributed by atoms with E-state index >= 15 is 0 Å². The summed E-state index contributed by atoms with van der Waals surface area (Å²) < 4.78 is 28.3. The molecule has 7 nitrogen and oxygen atoms in total. The van der Waals surface area contributed by atoms with Crippen molar-refractivity contribution in [1.29, 1.82) is 0 Å². The van der Waals surface area contributed by atoms with Gasteiger partial charge < -0.3 is 10.6 Å². The number of aryl methyl sites for hydroxylation is 1. The van der Waals surface area contributed by atoms with Crippen LogP contribution in [0.3, 0.4) is 0 Å². The Hall–Kier alpha value is -2.65. The highest BCUT2D eigenvalue weighted by Crippen LogP contribution is 2.29. The maximum atomic E-state index is 12.5. The summed E-state index contributed by atoms with van der Waals surface area (Å²) in [7, 11) is -3.70. The zero-order valence-electron chi connectivity index (χ0n) is 14.9. The van der Waals surface area contributed by atoms with Crippen molar-refractivity contribution in [2.24, 2.45) is 0 Å². The third kappa shape index (κ3) is 4.75. The Bertz CT molecular complexity index is 1060. The number of urea groups is 1. The second kappa shape index (κ2) is 7.93. The Morgan fingerprint density at radius 2 is 1.89 bits per heavy atom. The van der Waals surface area contributed by atoms with E-state index < -0.39 is 10.0 Å². The Morgan fingerprint density at radius 3 is 2.59 bits per heavy atom. The minimum atomic E-state index is -3.70. The fourth-order valence-electron chi connectivity index (χ4n) is 2.35. The van der Waals surface area contributed by atoms with Gasteiger partial charge in [0.1, 0.15) is 0 Å². The minimum Gasteiger partial charge on any atom is -0.338 e. The van der Waals surface area contributed by atoms with Crippen molar-refractivity contribution < 1.29 is 13.2 Å². The third-order valence-electron chi connectivity index (χ3n) is 3.73. The molecular formula is C18H20N4O3S2. The molecule has 1 aromatic heterocycles. The molecule has 27 heavy (non-hydrogen) atoms. The zero-order chi connectivity index (χ0) is 19.4. The number of carbonyl (C=O) groups excluding carboxylic acids is 1. The van der Waals surface area contributed by atoms with Gasteiger partial charge in [0.2, 0.25) is 0 Å². The smallest absolute Gasteiger partial charge is 0.319 e. The van der Waals surface area contributed by atoms with Crippen LogP contribution in [0.4, 0.5) is 15.6 Å². The number of benzene rings is 2. The molecule has 0 aliphatic heterocycles. The topological polar surface area (TPSA) is 100 Å². The van der Waals surface area contributed by atoms with Crippen molar-refractivity contribution in [3.8, 4) is 0 Å². The highest BCUT2D eigenvalue weighted by Gasteiger charge is 2.16. The lowest BCUT2D eigenvalue weighted by Gasteiger charge is -2.06. The lowest BCUT2D eigenvalue weighted by Crippen LogP contribution is -2.29. The maximum absolute atomic E-state index is 12.5. The highest BCUT2D eigenvalue weighted by atomic mass is 32.2. The monoisotopic (exact) mass is 404 g/mol. The van der Waals surface area contributed by atoms with Crippen LogP contribution in [0.25, 0.3) is 10.2 Å². The average molecular weight is 405 g/mol. The molecule has 0 saturated carbocycles. The molecule has 3 aromatic rings. The number of nitrogens with one attached hydrogen (secondary N) is 3. The number of hydrogen-bond donors (Lipinski definition) is 3. The molecular weight excluding hydrogens is 384 g/mol. The van der Waals surface area contributed by atoms with Gasteiger partial charge in [-0.2, -0.15) is 0 Å². The van der Waals surface area contributed by atoms with Crippen LogP contribution in [0.15, 0.2) is 47.4 Å². The van der Waals surface area contributed by atoms with Crippen LogP contribution in [0.2, 0.25) is 0 Å². The lowest BCUT2D eigenvalue weighted by molar-refractivity contribution is 0.252. The van der Waals surface area contributed by atoms with Gasteiger partial charge in [0.05, 0.1) is 15.1 Å². The third-order valence-corrected chi connectivity index (χ3v) is 6.17. The molecule has 2 amide bonds. The molecule has 0 radical (unpaired) electrons. The normalized spacial score (nSPS) is 11.3. The summed E-state index contributed by atoms with van der Waals surface area (Å²) in [5, 5.41) is 5.74. The number of thiazole rings is 1. The number of carbonyl (C=O) groups is 1. The van der Waals surface area contributed by atoms with E-state index in [0.717, 1.165) is 16.7 Å². The number of rotatable bonds is 6. The second-order valence-electron chi connectivity index (χ2n) is 6.00. The van der Waals surface area contributed by atoms with Crippen LogP contribution in [-0.2, 0) is 10.0 Å². The van der Waals surface area contributed by atoms with Crippen molar-refractivity contribution in [2.45, 2.75) is 25.2 Å². The van der Waals surface area contributed by atoms with Crippen molar-refractivity contribution in [3.05, 3.63) is 48.0 Å². The molecule has 0 aliphatic carbocycles. The van der Waals surface area contributed by atoms with Crippen LogP contribution >= 0.6 is 11.3 Å². The molecule has 3 N–H and O–H groups in total.